The van der Waals surface area contributed by atoms with Gasteiger partial charge in [-0.25, -0.2) is 0 Å². The van der Waals surface area contributed by atoms with E-state index in [-0.39, 0.29) is 0 Å². The van der Waals surface area contributed by atoms with E-state index in [4.69, 9.17) is 5.73 Å². The van der Waals surface area contributed by atoms with Crippen LogP contribution in [-0.2, 0) is 0 Å². The third-order valence-corrected chi connectivity index (χ3v) is 3.75. The molecule has 1 saturated heterocycles. The quantitative estimate of drug-likeness (QED) is 0.546. The molecule has 0 aromatic carbocycles. The van der Waals surface area contributed by atoms with Gasteiger partial charge in [-0.2, -0.15) is 0 Å². The predicted octanol–water partition coefficient (Wildman–Crippen LogP) is 1.09. The van der Waals surface area contributed by atoms with E-state index in [9.17, 15) is 5.11 Å². The summed E-state index contributed by atoms with van der Waals surface area (Å²) in [5, 5.41) is 10.2. The van der Waals surface area contributed by atoms with E-state index >= 15 is 0 Å². The van der Waals surface area contributed by atoms with E-state index in [0.717, 1.165) is 38.8 Å². The van der Waals surface area contributed by atoms with E-state index in [2.05, 4.69) is 9.89 Å². The molecule has 1 saturated carbocycles. The molecule has 0 radical (unpaired) electrons. The van der Waals surface area contributed by atoms with Gasteiger partial charge in [0.05, 0.1) is 12.1 Å². The van der Waals surface area contributed by atoms with E-state index in [1.165, 1.54) is 19.3 Å². The first-order valence-electron chi connectivity index (χ1n) is 6.47. The second-order valence-electron chi connectivity index (χ2n) is 5.15. The molecular formula is C12H23N3O. The number of rotatable bonds is 2. The van der Waals surface area contributed by atoms with Crippen LogP contribution in [0.1, 0.15) is 44.9 Å². The zero-order valence-corrected chi connectivity index (χ0v) is 9.99. The lowest BCUT2D eigenvalue weighted by molar-refractivity contribution is 0.0572. The van der Waals surface area contributed by atoms with Gasteiger partial charge in [0.25, 0.3) is 0 Å². The molecule has 0 atom stereocenters. The highest BCUT2D eigenvalue weighted by Crippen LogP contribution is 2.29. The van der Waals surface area contributed by atoms with Crippen molar-refractivity contribution in [3.05, 3.63) is 0 Å². The number of piperidine rings is 1. The molecule has 0 aromatic heterocycles. The number of hydrogen-bond donors (Lipinski definition) is 2. The van der Waals surface area contributed by atoms with Crippen LogP contribution in [-0.4, -0.2) is 41.2 Å². The summed E-state index contributed by atoms with van der Waals surface area (Å²) < 4.78 is 0. The smallest absolute Gasteiger partial charge is 0.191 e. The highest BCUT2D eigenvalue weighted by Gasteiger charge is 2.30. The number of likely N-dealkylation sites (tertiary alicyclic amines) is 1. The van der Waals surface area contributed by atoms with E-state index in [1.54, 1.807) is 0 Å². The Bertz CT molecular complexity index is 253. The summed E-state index contributed by atoms with van der Waals surface area (Å²) in [5.41, 5.74) is 5.38. The van der Waals surface area contributed by atoms with E-state index in [0.29, 0.717) is 12.5 Å². The Hall–Kier alpha value is -0.770. The summed E-state index contributed by atoms with van der Waals surface area (Å²) in [6, 6.07) is 0. The van der Waals surface area contributed by atoms with Crippen LogP contribution in [0.25, 0.3) is 0 Å². The number of aliphatic hydroxyl groups is 1. The molecule has 1 aliphatic carbocycles. The van der Waals surface area contributed by atoms with Gasteiger partial charge in [0, 0.05) is 13.1 Å². The molecule has 1 heterocycles. The Morgan fingerprint density at radius 1 is 1.12 bits per heavy atom. The summed E-state index contributed by atoms with van der Waals surface area (Å²) in [6.07, 6.45) is 7.72. The molecule has 2 rings (SSSR count). The van der Waals surface area contributed by atoms with Gasteiger partial charge in [-0.1, -0.05) is 12.8 Å². The van der Waals surface area contributed by atoms with Crippen molar-refractivity contribution in [2.75, 3.05) is 19.6 Å². The lowest BCUT2D eigenvalue weighted by atomic mass is 10.0. The first kappa shape index (κ1) is 11.7. The van der Waals surface area contributed by atoms with Crippen molar-refractivity contribution in [1.82, 2.24) is 4.90 Å². The average Bonchev–Trinajstić information content (AvgIpc) is 2.75. The Kier molecular flexibility index (Phi) is 3.69. The molecule has 0 unspecified atom stereocenters. The zero-order chi connectivity index (χ0) is 11.4. The van der Waals surface area contributed by atoms with Crippen molar-refractivity contribution >= 4 is 5.96 Å². The van der Waals surface area contributed by atoms with Crippen LogP contribution >= 0.6 is 0 Å². The van der Waals surface area contributed by atoms with Crippen LogP contribution in [0.5, 0.6) is 0 Å². The SMILES string of the molecule is NC(=NCC1(O)CCCC1)N1CCCCC1. The van der Waals surface area contributed by atoms with Gasteiger partial charge >= 0.3 is 0 Å². The van der Waals surface area contributed by atoms with Crippen molar-refractivity contribution in [3.8, 4) is 0 Å². The fourth-order valence-corrected chi connectivity index (χ4v) is 2.64. The minimum atomic E-state index is -0.569. The maximum atomic E-state index is 10.2. The Balaban J connectivity index is 1.85. The lowest BCUT2D eigenvalue weighted by Crippen LogP contribution is -2.42. The first-order chi connectivity index (χ1) is 7.70. The number of nitrogens with zero attached hydrogens (tertiary/aromatic N) is 2. The minimum Gasteiger partial charge on any atom is -0.388 e. The van der Waals surface area contributed by atoms with Crippen molar-refractivity contribution in [1.29, 1.82) is 0 Å². The average molecular weight is 225 g/mol. The third-order valence-electron chi connectivity index (χ3n) is 3.75. The maximum Gasteiger partial charge on any atom is 0.191 e. The standard InChI is InChI=1S/C12H23N3O/c13-11(15-8-4-1-5-9-15)14-10-12(16)6-2-3-7-12/h16H,1-10H2,(H2,13,14). The van der Waals surface area contributed by atoms with Crippen LogP contribution in [0.15, 0.2) is 4.99 Å². The second kappa shape index (κ2) is 5.04. The lowest BCUT2D eigenvalue weighted by Gasteiger charge is -2.28. The van der Waals surface area contributed by atoms with Crippen LogP contribution < -0.4 is 5.73 Å². The first-order valence-corrected chi connectivity index (χ1v) is 6.47. The van der Waals surface area contributed by atoms with E-state index in [1.807, 2.05) is 0 Å². The van der Waals surface area contributed by atoms with Gasteiger partial charge in [0.2, 0.25) is 0 Å². The van der Waals surface area contributed by atoms with Gasteiger partial charge in [0.1, 0.15) is 0 Å². The summed E-state index contributed by atoms with van der Waals surface area (Å²) in [6.45, 7) is 2.52. The highest BCUT2D eigenvalue weighted by atomic mass is 16.3. The molecule has 0 spiro atoms. The Labute approximate surface area is 97.5 Å². The van der Waals surface area contributed by atoms with Crippen molar-refractivity contribution < 1.29 is 5.11 Å². The van der Waals surface area contributed by atoms with Crippen LogP contribution in [0.3, 0.4) is 0 Å². The van der Waals surface area contributed by atoms with Gasteiger partial charge in [-0.3, -0.25) is 4.99 Å². The number of nitrogens with two attached hydrogens (primary N) is 1. The Morgan fingerprint density at radius 2 is 1.75 bits per heavy atom. The molecule has 0 aromatic rings. The Morgan fingerprint density at radius 3 is 2.38 bits per heavy atom. The van der Waals surface area contributed by atoms with Crippen LogP contribution in [0.4, 0.5) is 0 Å². The molecule has 16 heavy (non-hydrogen) atoms. The molecule has 0 bridgehead atoms. The summed E-state index contributed by atoms with van der Waals surface area (Å²) in [7, 11) is 0. The second-order valence-corrected chi connectivity index (χ2v) is 5.15. The summed E-state index contributed by atoms with van der Waals surface area (Å²) in [5.74, 6) is 0.625. The topological polar surface area (TPSA) is 61.9 Å². The molecule has 3 N–H and O–H groups in total. The molecular weight excluding hydrogens is 202 g/mol. The number of aliphatic imine (C=N–C) groups is 1. The van der Waals surface area contributed by atoms with Crippen molar-refractivity contribution in [3.63, 3.8) is 0 Å². The molecule has 0 amide bonds. The monoisotopic (exact) mass is 225 g/mol. The zero-order valence-electron chi connectivity index (χ0n) is 9.99. The van der Waals surface area contributed by atoms with E-state index < -0.39 is 5.60 Å². The molecule has 2 fully saturated rings. The fourth-order valence-electron chi connectivity index (χ4n) is 2.64. The summed E-state index contributed by atoms with van der Waals surface area (Å²) >= 11 is 0. The molecule has 92 valence electrons. The largest absolute Gasteiger partial charge is 0.388 e. The van der Waals surface area contributed by atoms with Crippen LogP contribution in [0.2, 0.25) is 0 Å². The molecule has 4 heteroatoms. The third kappa shape index (κ3) is 2.88. The maximum absolute atomic E-state index is 10.2. The van der Waals surface area contributed by atoms with Crippen molar-refractivity contribution in [2.24, 2.45) is 10.7 Å². The normalized spacial score (nSPS) is 26.1. The fraction of sp³-hybridized carbons (Fsp3) is 0.917. The van der Waals surface area contributed by atoms with Gasteiger partial charge in [-0.15, -0.1) is 0 Å². The predicted molar refractivity (Wildman–Crippen MR) is 65.3 cm³/mol. The summed E-state index contributed by atoms with van der Waals surface area (Å²) in [4.78, 5) is 6.51. The van der Waals surface area contributed by atoms with Crippen molar-refractivity contribution in [2.45, 2.75) is 50.5 Å². The van der Waals surface area contributed by atoms with Gasteiger partial charge in [-0.05, 0) is 32.1 Å². The van der Waals surface area contributed by atoms with Crippen LogP contribution in [0, 0.1) is 0 Å². The van der Waals surface area contributed by atoms with Gasteiger partial charge in [0.15, 0.2) is 5.96 Å². The highest BCUT2D eigenvalue weighted by molar-refractivity contribution is 5.78. The minimum absolute atomic E-state index is 0.481. The number of hydrogen-bond acceptors (Lipinski definition) is 2. The molecule has 2 aliphatic rings. The van der Waals surface area contributed by atoms with Gasteiger partial charge < -0.3 is 15.7 Å². The molecule has 1 aliphatic heterocycles. The molecule has 4 nitrogen and oxygen atoms in total. The number of guanidine groups is 1.